The number of aryl methyl sites for hydroxylation is 2. The first kappa shape index (κ1) is 12.3. The molecule has 0 saturated carbocycles. The standard InChI is InChI=1S/C11H15BrN4O/c1-16-6-5-14-10(16)3-2-9(15-13)8-4-7-17-11(8)12/h4-7,9,15H,2-3,13H2,1H3. The van der Waals surface area contributed by atoms with Crippen LogP contribution in [0.2, 0.25) is 0 Å². The summed E-state index contributed by atoms with van der Waals surface area (Å²) in [7, 11) is 1.99. The molecule has 5 nitrogen and oxygen atoms in total. The largest absolute Gasteiger partial charge is 0.457 e. The second kappa shape index (κ2) is 5.48. The maximum absolute atomic E-state index is 5.57. The molecule has 0 spiro atoms. The van der Waals surface area contributed by atoms with Crippen LogP contribution in [0.25, 0.3) is 0 Å². The number of rotatable bonds is 5. The molecule has 92 valence electrons. The van der Waals surface area contributed by atoms with Crippen molar-refractivity contribution in [3.63, 3.8) is 0 Å². The van der Waals surface area contributed by atoms with E-state index in [1.54, 1.807) is 12.5 Å². The average molecular weight is 299 g/mol. The van der Waals surface area contributed by atoms with Gasteiger partial charge in [0, 0.05) is 31.4 Å². The van der Waals surface area contributed by atoms with Crippen LogP contribution in [-0.2, 0) is 13.5 Å². The first-order valence-electron chi connectivity index (χ1n) is 5.37. The smallest absolute Gasteiger partial charge is 0.173 e. The van der Waals surface area contributed by atoms with E-state index >= 15 is 0 Å². The molecule has 0 fully saturated rings. The SMILES string of the molecule is Cn1ccnc1CCC(NN)c1ccoc1Br. The molecule has 0 saturated heterocycles. The van der Waals surface area contributed by atoms with Crippen LogP contribution >= 0.6 is 15.9 Å². The number of aromatic nitrogens is 2. The van der Waals surface area contributed by atoms with Gasteiger partial charge in [-0.15, -0.1) is 0 Å². The summed E-state index contributed by atoms with van der Waals surface area (Å²) in [6, 6.07) is 1.97. The number of hydrazine groups is 1. The third-order valence-electron chi connectivity index (χ3n) is 2.80. The van der Waals surface area contributed by atoms with Crippen LogP contribution in [0.15, 0.2) is 33.8 Å². The topological polar surface area (TPSA) is 69.0 Å². The van der Waals surface area contributed by atoms with Crippen LogP contribution in [0.3, 0.4) is 0 Å². The van der Waals surface area contributed by atoms with Crippen LogP contribution in [0.5, 0.6) is 0 Å². The molecule has 3 N–H and O–H groups in total. The van der Waals surface area contributed by atoms with Gasteiger partial charge in [-0.2, -0.15) is 0 Å². The van der Waals surface area contributed by atoms with Crippen molar-refractivity contribution in [2.75, 3.05) is 0 Å². The van der Waals surface area contributed by atoms with E-state index in [2.05, 4.69) is 26.3 Å². The Bertz CT molecular complexity index is 479. The van der Waals surface area contributed by atoms with E-state index in [4.69, 9.17) is 10.3 Å². The fourth-order valence-electron chi connectivity index (χ4n) is 1.79. The summed E-state index contributed by atoms with van der Waals surface area (Å²) in [6.07, 6.45) is 7.10. The van der Waals surface area contributed by atoms with E-state index in [9.17, 15) is 0 Å². The Labute approximate surface area is 108 Å². The highest BCUT2D eigenvalue weighted by Crippen LogP contribution is 2.26. The van der Waals surface area contributed by atoms with Gasteiger partial charge in [0.25, 0.3) is 0 Å². The van der Waals surface area contributed by atoms with Gasteiger partial charge in [-0.25, -0.2) is 4.98 Å². The van der Waals surface area contributed by atoms with Crippen molar-refractivity contribution < 1.29 is 4.42 Å². The Hall–Kier alpha value is -1.11. The van der Waals surface area contributed by atoms with Crippen LogP contribution in [-0.4, -0.2) is 9.55 Å². The van der Waals surface area contributed by atoms with Crippen molar-refractivity contribution in [1.29, 1.82) is 0 Å². The fraction of sp³-hybridized carbons (Fsp3) is 0.364. The normalized spacial score (nSPS) is 12.9. The van der Waals surface area contributed by atoms with Crippen LogP contribution in [0.4, 0.5) is 0 Å². The third kappa shape index (κ3) is 2.77. The Balaban J connectivity index is 2.02. The van der Waals surface area contributed by atoms with Gasteiger partial charge < -0.3 is 8.98 Å². The van der Waals surface area contributed by atoms with Gasteiger partial charge in [-0.3, -0.25) is 11.3 Å². The number of nitrogens with zero attached hydrogens (tertiary/aromatic N) is 2. The third-order valence-corrected chi connectivity index (χ3v) is 3.45. The van der Waals surface area contributed by atoms with E-state index in [1.807, 2.05) is 23.9 Å². The molecule has 0 aliphatic rings. The van der Waals surface area contributed by atoms with E-state index in [1.165, 1.54) is 0 Å². The molecule has 0 aliphatic heterocycles. The van der Waals surface area contributed by atoms with E-state index in [0.29, 0.717) is 0 Å². The minimum atomic E-state index is 0.0554. The predicted molar refractivity (Wildman–Crippen MR) is 68.0 cm³/mol. The average Bonchev–Trinajstić information content (AvgIpc) is 2.90. The van der Waals surface area contributed by atoms with Crippen LogP contribution in [0, 0.1) is 0 Å². The number of halogens is 1. The number of imidazole rings is 1. The highest BCUT2D eigenvalue weighted by Gasteiger charge is 2.16. The molecule has 2 rings (SSSR count). The zero-order valence-corrected chi connectivity index (χ0v) is 11.1. The zero-order chi connectivity index (χ0) is 12.3. The molecule has 0 amide bonds. The summed E-state index contributed by atoms with van der Waals surface area (Å²) < 4.78 is 7.94. The Kier molecular flexibility index (Phi) is 3.98. The summed E-state index contributed by atoms with van der Waals surface area (Å²) in [5.41, 5.74) is 3.83. The van der Waals surface area contributed by atoms with Crippen molar-refractivity contribution in [2.24, 2.45) is 12.9 Å². The molecule has 0 bridgehead atoms. The second-order valence-electron chi connectivity index (χ2n) is 3.86. The fourth-order valence-corrected chi connectivity index (χ4v) is 2.31. The molecular formula is C11H15BrN4O. The first-order chi connectivity index (χ1) is 8.22. The summed E-state index contributed by atoms with van der Waals surface area (Å²) in [6.45, 7) is 0. The summed E-state index contributed by atoms with van der Waals surface area (Å²) in [5.74, 6) is 6.62. The Morgan fingerprint density at radius 1 is 1.65 bits per heavy atom. The monoisotopic (exact) mass is 298 g/mol. The number of hydrogen-bond acceptors (Lipinski definition) is 4. The second-order valence-corrected chi connectivity index (χ2v) is 4.58. The minimum Gasteiger partial charge on any atom is -0.457 e. The lowest BCUT2D eigenvalue weighted by atomic mass is 10.1. The van der Waals surface area contributed by atoms with Crippen LogP contribution < -0.4 is 11.3 Å². The van der Waals surface area contributed by atoms with Gasteiger partial charge in [0.1, 0.15) is 5.82 Å². The van der Waals surface area contributed by atoms with E-state index in [-0.39, 0.29) is 6.04 Å². The number of furan rings is 1. The molecule has 2 aromatic rings. The Morgan fingerprint density at radius 3 is 3.00 bits per heavy atom. The molecule has 2 aromatic heterocycles. The lowest BCUT2D eigenvalue weighted by Crippen LogP contribution is -2.28. The van der Waals surface area contributed by atoms with Gasteiger partial charge >= 0.3 is 0 Å². The van der Waals surface area contributed by atoms with Gasteiger partial charge in [-0.05, 0) is 28.4 Å². The molecule has 2 heterocycles. The number of nitrogens with two attached hydrogens (primary N) is 1. The minimum absolute atomic E-state index is 0.0554. The molecule has 1 unspecified atom stereocenters. The molecule has 0 radical (unpaired) electrons. The van der Waals surface area contributed by atoms with Crippen molar-refractivity contribution in [2.45, 2.75) is 18.9 Å². The maximum atomic E-state index is 5.57. The van der Waals surface area contributed by atoms with E-state index in [0.717, 1.165) is 28.9 Å². The molecule has 0 aromatic carbocycles. The predicted octanol–water partition coefficient (Wildman–Crippen LogP) is 1.91. The van der Waals surface area contributed by atoms with Crippen molar-refractivity contribution in [3.05, 3.63) is 40.8 Å². The molecule has 17 heavy (non-hydrogen) atoms. The molecule has 0 aliphatic carbocycles. The lowest BCUT2D eigenvalue weighted by Gasteiger charge is -2.14. The number of hydrogen-bond donors (Lipinski definition) is 2. The van der Waals surface area contributed by atoms with Gasteiger partial charge in [0.2, 0.25) is 0 Å². The Morgan fingerprint density at radius 2 is 2.47 bits per heavy atom. The van der Waals surface area contributed by atoms with Crippen LogP contribution in [0.1, 0.15) is 23.9 Å². The van der Waals surface area contributed by atoms with Gasteiger partial charge in [0.05, 0.1) is 12.3 Å². The molecule has 6 heteroatoms. The van der Waals surface area contributed by atoms with Gasteiger partial charge in [0.15, 0.2) is 4.67 Å². The van der Waals surface area contributed by atoms with Crippen molar-refractivity contribution in [3.8, 4) is 0 Å². The first-order valence-corrected chi connectivity index (χ1v) is 6.17. The molecule has 1 atom stereocenters. The maximum Gasteiger partial charge on any atom is 0.173 e. The summed E-state index contributed by atoms with van der Waals surface area (Å²) >= 11 is 3.36. The number of nitrogens with one attached hydrogen (secondary N) is 1. The van der Waals surface area contributed by atoms with Gasteiger partial charge in [-0.1, -0.05) is 0 Å². The quantitative estimate of drug-likeness (QED) is 0.653. The lowest BCUT2D eigenvalue weighted by molar-refractivity contribution is 0.483. The highest BCUT2D eigenvalue weighted by atomic mass is 79.9. The van der Waals surface area contributed by atoms with Crippen molar-refractivity contribution >= 4 is 15.9 Å². The molecular weight excluding hydrogens is 284 g/mol. The summed E-state index contributed by atoms with van der Waals surface area (Å²) in [4.78, 5) is 4.28. The van der Waals surface area contributed by atoms with E-state index < -0.39 is 0 Å². The summed E-state index contributed by atoms with van der Waals surface area (Å²) in [5, 5.41) is 0. The zero-order valence-electron chi connectivity index (χ0n) is 9.56. The van der Waals surface area contributed by atoms with Crippen molar-refractivity contribution in [1.82, 2.24) is 15.0 Å². The highest BCUT2D eigenvalue weighted by molar-refractivity contribution is 9.10.